The zero-order valence-electron chi connectivity index (χ0n) is 7.41. The summed E-state index contributed by atoms with van der Waals surface area (Å²) in [4.78, 5) is 0. The van der Waals surface area contributed by atoms with Gasteiger partial charge >= 0.3 is 0 Å². The van der Waals surface area contributed by atoms with Crippen LogP contribution in [0.25, 0.3) is 0 Å². The van der Waals surface area contributed by atoms with Crippen molar-refractivity contribution >= 4 is 11.8 Å². The summed E-state index contributed by atoms with van der Waals surface area (Å²) in [5, 5.41) is 0. The SMILES string of the molecule is C.C.CC(C)(C)SC(C)(C)C. The summed E-state index contributed by atoms with van der Waals surface area (Å²) in [5.41, 5.74) is 0. The van der Waals surface area contributed by atoms with Crippen LogP contribution in [0.2, 0.25) is 0 Å². The van der Waals surface area contributed by atoms with Gasteiger partial charge in [0.05, 0.1) is 0 Å². The van der Waals surface area contributed by atoms with Crippen LogP contribution in [0.4, 0.5) is 0 Å². The third-order valence-electron chi connectivity index (χ3n) is 0.612. The molecule has 0 aliphatic heterocycles. The Hall–Kier alpha value is 0.350. The minimum atomic E-state index is 0. The Morgan fingerprint density at radius 1 is 0.636 bits per heavy atom. The van der Waals surface area contributed by atoms with Crippen LogP contribution < -0.4 is 0 Å². The molecule has 0 fully saturated rings. The highest BCUT2D eigenvalue weighted by Crippen LogP contribution is 2.35. The number of hydrogen-bond acceptors (Lipinski definition) is 1. The molecule has 0 N–H and O–H groups in total. The number of hydrogen-bond donors (Lipinski definition) is 0. The van der Waals surface area contributed by atoms with Crippen molar-refractivity contribution in [1.82, 2.24) is 0 Å². The summed E-state index contributed by atoms with van der Waals surface area (Å²) in [6, 6.07) is 0. The molecule has 0 rings (SSSR count). The first-order valence-corrected chi connectivity index (χ1v) is 4.22. The molecule has 0 saturated carbocycles. The second kappa shape index (κ2) is 5.08. The molecule has 0 aromatic carbocycles. The first-order chi connectivity index (χ1) is 3.71. The van der Waals surface area contributed by atoms with E-state index in [1.807, 2.05) is 11.8 Å². The smallest absolute Gasteiger partial charge is 0.00803 e. The predicted molar refractivity (Wildman–Crippen MR) is 60.6 cm³/mol. The Morgan fingerprint density at radius 2 is 0.818 bits per heavy atom. The molecule has 0 bridgehead atoms. The molecule has 0 aliphatic carbocycles. The van der Waals surface area contributed by atoms with Crippen molar-refractivity contribution in [3.05, 3.63) is 0 Å². The molecule has 0 aromatic heterocycles. The average Bonchev–Trinajstić information content (AvgIpc) is 1.14. The fourth-order valence-corrected chi connectivity index (χ4v) is 2.76. The van der Waals surface area contributed by atoms with Gasteiger partial charge in [0.2, 0.25) is 0 Å². The van der Waals surface area contributed by atoms with Crippen LogP contribution in [0.3, 0.4) is 0 Å². The molecule has 72 valence electrons. The van der Waals surface area contributed by atoms with Crippen molar-refractivity contribution in [3.8, 4) is 0 Å². The molecule has 0 nitrogen and oxygen atoms in total. The highest BCUT2D eigenvalue weighted by Gasteiger charge is 2.20. The Balaban J connectivity index is -0.000000320. The largest absolute Gasteiger partial charge is 0.150 e. The van der Waals surface area contributed by atoms with E-state index >= 15 is 0 Å². The zero-order valence-corrected chi connectivity index (χ0v) is 8.22. The van der Waals surface area contributed by atoms with Crippen LogP contribution in [0.1, 0.15) is 56.4 Å². The third kappa shape index (κ3) is 17.9. The van der Waals surface area contributed by atoms with Crippen molar-refractivity contribution < 1.29 is 0 Å². The lowest BCUT2D eigenvalue weighted by Crippen LogP contribution is -2.19. The van der Waals surface area contributed by atoms with E-state index in [-0.39, 0.29) is 14.9 Å². The van der Waals surface area contributed by atoms with Crippen LogP contribution in [-0.2, 0) is 0 Å². The predicted octanol–water partition coefficient (Wildman–Crippen LogP) is 4.59. The van der Waals surface area contributed by atoms with Gasteiger partial charge in [-0.15, -0.1) is 0 Å². The van der Waals surface area contributed by atoms with E-state index in [0.717, 1.165) is 0 Å². The summed E-state index contributed by atoms with van der Waals surface area (Å²) in [5.74, 6) is 0. The number of thioether (sulfide) groups is 1. The van der Waals surface area contributed by atoms with Gasteiger partial charge in [-0.25, -0.2) is 0 Å². The fourth-order valence-electron chi connectivity index (χ4n) is 0.919. The van der Waals surface area contributed by atoms with Crippen LogP contribution in [-0.4, -0.2) is 9.49 Å². The zero-order chi connectivity index (χ0) is 7.71. The maximum absolute atomic E-state index is 2.25. The van der Waals surface area contributed by atoms with E-state index in [2.05, 4.69) is 41.5 Å². The molecule has 0 heterocycles. The van der Waals surface area contributed by atoms with Gasteiger partial charge in [-0.05, 0) is 0 Å². The third-order valence-corrected chi connectivity index (χ3v) is 1.84. The normalized spacial score (nSPS) is 11.5. The molecule has 0 amide bonds. The van der Waals surface area contributed by atoms with Crippen molar-refractivity contribution in [2.45, 2.75) is 65.9 Å². The van der Waals surface area contributed by atoms with Gasteiger partial charge in [-0.1, -0.05) is 56.4 Å². The first-order valence-electron chi connectivity index (χ1n) is 3.41. The first kappa shape index (κ1) is 17.4. The van der Waals surface area contributed by atoms with Gasteiger partial charge in [0.15, 0.2) is 0 Å². The van der Waals surface area contributed by atoms with Crippen molar-refractivity contribution in [2.75, 3.05) is 0 Å². The minimum absolute atomic E-state index is 0. The van der Waals surface area contributed by atoms with Gasteiger partial charge in [-0.3, -0.25) is 0 Å². The maximum Gasteiger partial charge on any atom is 0.00803 e. The lowest BCUT2D eigenvalue weighted by molar-refractivity contribution is 0.740. The molecule has 0 saturated heterocycles. The van der Waals surface area contributed by atoms with E-state index in [9.17, 15) is 0 Å². The molecule has 1 heteroatoms. The fraction of sp³-hybridized carbons (Fsp3) is 1.00. The monoisotopic (exact) mass is 178 g/mol. The lowest BCUT2D eigenvalue weighted by Gasteiger charge is -2.28. The van der Waals surface area contributed by atoms with E-state index in [1.165, 1.54) is 0 Å². The van der Waals surface area contributed by atoms with Gasteiger partial charge in [0.1, 0.15) is 0 Å². The lowest BCUT2D eigenvalue weighted by atomic mass is 10.2. The topological polar surface area (TPSA) is 0 Å². The van der Waals surface area contributed by atoms with E-state index < -0.39 is 0 Å². The Morgan fingerprint density at radius 3 is 0.818 bits per heavy atom. The average molecular weight is 178 g/mol. The molecule has 0 aliphatic rings. The number of rotatable bonds is 0. The van der Waals surface area contributed by atoms with Gasteiger partial charge < -0.3 is 0 Å². The minimum Gasteiger partial charge on any atom is -0.150 e. The Bertz CT molecular complexity index is 70.0. The standard InChI is InChI=1S/C8H18S.2CH4/c1-7(2,3)9-8(4,5)6;;/h1-6H3;2*1H4. The summed E-state index contributed by atoms with van der Waals surface area (Å²) >= 11 is 2.01. The molecule has 0 spiro atoms. The molecule has 11 heavy (non-hydrogen) atoms. The molecule has 0 unspecified atom stereocenters. The Kier molecular flexibility index (Phi) is 8.05. The molecular weight excluding hydrogens is 152 g/mol. The van der Waals surface area contributed by atoms with Gasteiger partial charge in [-0.2, -0.15) is 11.8 Å². The summed E-state index contributed by atoms with van der Waals surface area (Å²) in [7, 11) is 0. The van der Waals surface area contributed by atoms with Crippen LogP contribution in [0.15, 0.2) is 0 Å². The van der Waals surface area contributed by atoms with E-state index in [4.69, 9.17) is 0 Å². The summed E-state index contributed by atoms with van der Waals surface area (Å²) < 4.78 is 0.802. The molecule has 0 radical (unpaired) electrons. The highest BCUT2D eigenvalue weighted by molar-refractivity contribution is 8.01. The molecular formula is C10H26S. The van der Waals surface area contributed by atoms with E-state index in [0.29, 0.717) is 9.49 Å². The van der Waals surface area contributed by atoms with Gasteiger partial charge in [0.25, 0.3) is 0 Å². The summed E-state index contributed by atoms with van der Waals surface area (Å²) in [6.07, 6.45) is 0. The van der Waals surface area contributed by atoms with Crippen LogP contribution in [0, 0.1) is 0 Å². The molecule has 0 atom stereocenters. The van der Waals surface area contributed by atoms with Crippen LogP contribution in [0.5, 0.6) is 0 Å². The molecule has 0 aromatic rings. The van der Waals surface area contributed by atoms with Crippen molar-refractivity contribution in [1.29, 1.82) is 0 Å². The van der Waals surface area contributed by atoms with Crippen molar-refractivity contribution in [2.24, 2.45) is 0 Å². The second-order valence-corrected chi connectivity index (χ2v) is 6.98. The van der Waals surface area contributed by atoms with Crippen LogP contribution >= 0.6 is 11.8 Å². The summed E-state index contributed by atoms with van der Waals surface area (Å²) in [6.45, 7) is 13.5. The van der Waals surface area contributed by atoms with Crippen molar-refractivity contribution in [3.63, 3.8) is 0 Å². The highest BCUT2D eigenvalue weighted by atomic mass is 32.2. The second-order valence-electron chi connectivity index (χ2n) is 4.33. The van der Waals surface area contributed by atoms with Gasteiger partial charge in [0, 0.05) is 9.49 Å². The Labute approximate surface area is 78.2 Å². The van der Waals surface area contributed by atoms with E-state index in [1.54, 1.807) is 0 Å². The quantitative estimate of drug-likeness (QED) is 0.523. The maximum atomic E-state index is 2.25.